The van der Waals surface area contributed by atoms with Gasteiger partial charge < -0.3 is 4.90 Å². The van der Waals surface area contributed by atoms with Gasteiger partial charge in [0.2, 0.25) is 0 Å². The first kappa shape index (κ1) is 15.5. The van der Waals surface area contributed by atoms with Crippen LogP contribution in [0.1, 0.15) is 24.1 Å². The lowest BCUT2D eigenvalue weighted by atomic mass is 10.1. The van der Waals surface area contributed by atoms with Gasteiger partial charge in [-0.2, -0.15) is 0 Å². The standard InChI is InChI=1S/C18H20N2S2/c1-15(17-10-6-3-7-11-17)20-13-19(14-22-18(20)21)12-16-8-4-2-5-9-16/h2-11,15H,12-14H2,1H3. The van der Waals surface area contributed by atoms with E-state index in [1.165, 1.54) is 11.1 Å². The lowest BCUT2D eigenvalue weighted by molar-refractivity contribution is 0.176. The molecule has 4 heteroatoms. The van der Waals surface area contributed by atoms with Crippen LogP contribution in [0.3, 0.4) is 0 Å². The molecule has 1 heterocycles. The van der Waals surface area contributed by atoms with Gasteiger partial charge in [0, 0.05) is 6.54 Å². The zero-order valence-electron chi connectivity index (χ0n) is 12.7. The lowest BCUT2D eigenvalue weighted by Gasteiger charge is -2.40. The normalized spacial score (nSPS) is 17.5. The highest BCUT2D eigenvalue weighted by Gasteiger charge is 2.26. The minimum absolute atomic E-state index is 0.305. The van der Waals surface area contributed by atoms with Gasteiger partial charge in [0.25, 0.3) is 0 Å². The molecule has 0 bridgehead atoms. The number of nitrogens with zero attached hydrogens (tertiary/aromatic N) is 2. The topological polar surface area (TPSA) is 6.48 Å². The molecular formula is C18H20N2S2. The Kier molecular flexibility index (Phi) is 5.13. The molecule has 1 unspecified atom stereocenters. The van der Waals surface area contributed by atoms with Crippen LogP contribution in [0.4, 0.5) is 0 Å². The van der Waals surface area contributed by atoms with Crippen molar-refractivity contribution in [2.75, 3.05) is 12.5 Å². The number of rotatable bonds is 4. The van der Waals surface area contributed by atoms with Gasteiger partial charge in [0.15, 0.2) is 0 Å². The molecule has 1 saturated heterocycles. The first-order chi connectivity index (χ1) is 10.7. The summed E-state index contributed by atoms with van der Waals surface area (Å²) in [4.78, 5) is 4.76. The van der Waals surface area contributed by atoms with E-state index in [-0.39, 0.29) is 0 Å². The first-order valence-corrected chi connectivity index (χ1v) is 8.88. The molecule has 0 saturated carbocycles. The summed E-state index contributed by atoms with van der Waals surface area (Å²) in [6.07, 6.45) is 0. The molecule has 0 radical (unpaired) electrons. The molecule has 2 nitrogen and oxygen atoms in total. The Labute approximate surface area is 142 Å². The van der Waals surface area contributed by atoms with Gasteiger partial charge in [0.05, 0.1) is 18.6 Å². The quantitative estimate of drug-likeness (QED) is 0.762. The molecule has 0 aromatic heterocycles. The van der Waals surface area contributed by atoms with E-state index in [2.05, 4.69) is 77.4 Å². The molecule has 3 rings (SSSR count). The van der Waals surface area contributed by atoms with Crippen LogP contribution in [0.25, 0.3) is 0 Å². The monoisotopic (exact) mass is 328 g/mol. The fourth-order valence-corrected chi connectivity index (χ4v) is 3.89. The van der Waals surface area contributed by atoms with E-state index < -0.39 is 0 Å². The van der Waals surface area contributed by atoms with Crippen LogP contribution in [-0.4, -0.2) is 26.7 Å². The third-order valence-electron chi connectivity index (χ3n) is 3.96. The molecule has 2 aromatic carbocycles. The summed E-state index contributed by atoms with van der Waals surface area (Å²) in [5, 5.41) is 0. The Hall–Kier alpha value is -1.36. The van der Waals surface area contributed by atoms with Crippen molar-refractivity contribution < 1.29 is 0 Å². The third-order valence-corrected chi connectivity index (χ3v) is 5.52. The van der Waals surface area contributed by atoms with Crippen LogP contribution >= 0.6 is 24.0 Å². The number of hydrogen-bond acceptors (Lipinski definition) is 3. The van der Waals surface area contributed by atoms with Gasteiger partial charge >= 0.3 is 0 Å². The van der Waals surface area contributed by atoms with E-state index >= 15 is 0 Å². The van der Waals surface area contributed by atoms with Crippen LogP contribution in [0.2, 0.25) is 0 Å². The summed E-state index contributed by atoms with van der Waals surface area (Å²) >= 11 is 7.34. The Morgan fingerprint density at radius 3 is 2.36 bits per heavy atom. The Morgan fingerprint density at radius 2 is 1.68 bits per heavy atom. The molecule has 1 aliphatic rings. The number of benzene rings is 2. The Bertz CT molecular complexity index is 615. The van der Waals surface area contributed by atoms with Gasteiger partial charge in [-0.05, 0) is 18.1 Å². The number of hydrogen-bond donors (Lipinski definition) is 0. The van der Waals surface area contributed by atoms with Crippen LogP contribution in [0, 0.1) is 0 Å². The molecule has 0 aliphatic carbocycles. The van der Waals surface area contributed by atoms with Gasteiger partial charge in [-0.15, -0.1) is 0 Å². The fraction of sp³-hybridized carbons (Fsp3) is 0.278. The molecule has 0 spiro atoms. The smallest absolute Gasteiger partial charge is 0.139 e. The van der Waals surface area contributed by atoms with E-state index in [0.29, 0.717) is 6.04 Å². The van der Waals surface area contributed by atoms with Gasteiger partial charge in [0.1, 0.15) is 4.32 Å². The number of thioether (sulfide) groups is 1. The summed E-state index contributed by atoms with van der Waals surface area (Å²) in [5.74, 6) is 0.964. The molecule has 1 fully saturated rings. The average Bonchev–Trinajstić information content (AvgIpc) is 2.58. The Balaban J connectivity index is 1.70. The summed E-state index contributed by atoms with van der Waals surface area (Å²) in [7, 11) is 0. The summed E-state index contributed by atoms with van der Waals surface area (Å²) < 4.78 is 1.00. The molecule has 1 aliphatic heterocycles. The van der Waals surface area contributed by atoms with Crippen molar-refractivity contribution in [3.05, 3.63) is 71.8 Å². The highest BCUT2D eigenvalue weighted by molar-refractivity contribution is 8.22. The fourth-order valence-electron chi connectivity index (χ4n) is 2.67. The van der Waals surface area contributed by atoms with Crippen molar-refractivity contribution in [2.45, 2.75) is 19.5 Å². The molecule has 114 valence electrons. The minimum atomic E-state index is 0.305. The van der Waals surface area contributed by atoms with Crippen LogP contribution in [0.5, 0.6) is 0 Å². The van der Waals surface area contributed by atoms with E-state index in [9.17, 15) is 0 Å². The highest BCUT2D eigenvalue weighted by Crippen LogP contribution is 2.29. The summed E-state index contributed by atoms with van der Waals surface area (Å²) in [5.41, 5.74) is 2.66. The van der Waals surface area contributed by atoms with Crippen molar-refractivity contribution in [2.24, 2.45) is 0 Å². The van der Waals surface area contributed by atoms with Crippen molar-refractivity contribution in [3.63, 3.8) is 0 Å². The molecule has 1 atom stereocenters. The molecule has 0 N–H and O–H groups in total. The SMILES string of the molecule is CC(c1ccccc1)N1CN(Cc2ccccc2)CSC1=S. The zero-order chi connectivity index (χ0) is 15.4. The summed E-state index contributed by atoms with van der Waals surface area (Å²) in [6.45, 7) is 4.08. The predicted octanol–water partition coefficient (Wildman–Crippen LogP) is 4.50. The zero-order valence-corrected chi connectivity index (χ0v) is 14.3. The van der Waals surface area contributed by atoms with Crippen LogP contribution in [-0.2, 0) is 6.54 Å². The predicted molar refractivity (Wildman–Crippen MR) is 98.6 cm³/mol. The van der Waals surface area contributed by atoms with Crippen molar-refractivity contribution in [1.29, 1.82) is 0 Å². The van der Waals surface area contributed by atoms with Crippen LogP contribution in [0.15, 0.2) is 60.7 Å². The molecule has 22 heavy (non-hydrogen) atoms. The van der Waals surface area contributed by atoms with Gasteiger partial charge in [-0.1, -0.05) is 84.6 Å². The summed E-state index contributed by atoms with van der Waals surface area (Å²) in [6, 6.07) is 21.5. The maximum Gasteiger partial charge on any atom is 0.139 e. The Morgan fingerprint density at radius 1 is 1.05 bits per heavy atom. The van der Waals surface area contributed by atoms with E-state index in [1.54, 1.807) is 11.8 Å². The highest BCUT2D eigenvalue weighted by atomic mass is 32.2. The average molecular weight is 329 g/mol. The second kappa shape index (κ2) is 7.27. The van der Waals surface area contributed by atoms with Crippen LogP contribution < -0.4 is 0 Å². The second-order valence-corrected chi connectivity index (χ2v) is 7.13. The van der Waals surface area contributed by atoms with E-state index in [1.807, 2.05) is 0 Å². The third kappa shape index (κ3) is 3.69. The van der Waals surface area contributed by atoms with Gasteiger partial charge in [-0.25, -0.2) is 0 Å². The maximum absolute atomic E-state index is 5.58. The molecule has 2 aromatic rings. The maximum atomic E-state index is 5.58. The molecule has 0 amide bonds. The first-order valence-electron chi connectivity index (χ1n) is 7.48. The van der Waals surface area contributed by atoms with Crippen molar-refractivity contribution in [1.82, 2.24) is 9.80 Å². The number of thiocarbonyl (C=S) groups is 1. The molecular weight excluding hydrogens is 308 g/mol. The minimum Gasteiger partial charge on any atom is -0.338 e. The van der Waals surface area contributed by atoms with Crippen molar-refractivity contribution in [3.8, 4) is 0 Å². The van der Waals surface area contributed by atoms with E-state index in [4.69, 9.17) is 12.2 Å². The van der Waals surface area contributed by atoms with Gasteiger partial charge in [-0.3, -0.25) is 4.90 Å². The second-order valence-electron chi connectivity index (χ2n) is 5.55. The lowest BCUT2D eigenvalue weighted by Crippen LogP contribution is -2.45. The van der Waals surface area contributed by atoms with E-state index in [0.717, 1.165) is 23.4 Å². The van der Waals surface area contributed by atoms with Crippen molar-refractivity contribution >= 4 is 28.3 Å². The largest absolute Gasteiger partial charge is 0.338 e.